The van der Waals surface area contributed by atoms with Gasteiger partial charge in [0.1, 0.15) is 5.75 Å². The van der Waals surface area contributed by atoms with Crippen LogP contribution in [0.5, 0.6) is 5.75 Å². The van der Waals surface area contributed by atoms with Crippen molar-refractivity contribution < 1.29 is 24.2 Å². The summed E-state index contributed by atoms with van der Waals surface area (Å²) in [6, 6.07) is 4.40. The fourth-order valence-corrected chi connectivity index (χ4v) is 1.16. The number of nitrogens with one attached hydrogen (secondary N) is 1. The quantitative estimate of drug-likeness (QED) is 0.450. The Labute approximate surface area is 98.2 Å². The van der Waals surface area contributed by atoms with E-state index in [1.165, 1.54) is 18.2 Å². The molecule has 0 fully saturated rings. The van der Waals surface area contributed by atoms with Gasteiger partial charge in [0, 0.05) is 12.3 Å². The van der Waals surface area contributed by atoms with Crippen molar-refractivity contribution in [3.8, 4) is 5.75 Å². The second-order valence-corrected chi connectivity index (χ2v) is 3.06. The van der Waals surface area contributed by atoms with Gasteiger partial charge in [0.05, 0.1) is 5.56 Å². The van der Waals surface area contributed by atoms with Crippen molar-refractivity contribution >= 4 is 18.1 Å². The van der Waals surface area contributed by atoms with Crippen LogP contribution in [-0.2, 0) is 4.74 Å². The Kier molecular flexibility index (Phi) is 4.96. The van der Waals surface area contributed by atoms with Crippen molar-refractivity contribution in [1.82, 2.24) is 0 Å². The third-order valence-corrected chi connectivity index (χ3v) is 1.89. The maximum absolute atomic E-state index is 10.8. The van der Waals surface area contributed by atoms with E-state index < -0.39 is 6.09 Å². The average molecular weight is 239 g/mol. The molecule has 1 amide bonds. The summed E-state index contributed by atoms with van der Waals surface area (Å²) in [5.74, 6) is 0.351. The lowest BCUT2D eigenvalue weighted by Gasteiger charge is -2.09. The molecule has 0 spiro atoms. The number of benzene rings is 1. The fraction of sp³-hybridized carbons (Fsp3) is 0.273. The first kappa shape index (κ1) is 13.0. The highest BCUT2D eigenvalue weighted by Crippen LogP contribution is 2.21. The number of aldehydes is 1. The largest absolute Gasteiger partial charge is 0.467 e. The van der Waals surface area contributed by atoms with Crippen molar-refractivity contribution in [2.45, 2.75) is 6.92 Å². The highest BCUT2D eigenvalue weighted by atomic mass is 16.7. The number of hydrogen-bond donors (Lipinski definition) is 2. The van der Waals surface area contributed by atoms with Gasteiger partial charge < -0.3 is 14.6 Å². The van der Waals surface area contributed by atoms with E-state index in [2.05, 4.69) is 5.32 Å². The summed E-state index contributed by atoms with van der Waals surface area (Å²) in [5, 5.41) is 10.7. The zero-order valence-corrected chi connectivity index (χ0v) is 9.30. The van der Waals surface area contributed by atoms with Crippen LogP contribution in [0, 0.1) is 0 Å². The van der Waals surface area contributed by atoms with Crippen LogP contribution < -0.4 is 10.1 Å². The Balaban J connectivity index is 2.78. The Morgan fingerprint density at radius 1 is 1.53 bits per heavy atom. The summed E-state index contributed by atoms with van der Waals surface area (Å²) in [6.45, 7) is 2.38. The number of carbonyl (C=O) groups is 2. The van der Waals surface area contributed by atoms with E-state index in [4.69, 9.17) is 14.6 Å². The van der Waals surface area contributed by atoms with Gasteiger partial charge in [-0.3, -0.25) is 10.1 Å². The molecule has 0 bridgehead atoms. The van der Waals surface area contributed by atoms with Gasteiger partial charge in [0.2, 0.25) is 0 Å². The first-order valence-corrected chi connectivity index (χ1v) is 4.97. The van der Waals surface area contributed by atoms with Gasteiger partial charge in [-0.1, -0.05) is 0 Å². The molecule has 6 nitrogen and oxygen atoms in total. The van der Waals surface area contributed by atoms with E-state index in [1.54, 1.807) is 0 Å². The molecule has 0 saturated heterocycles. The topological polar surface area (TPSA) is 84.9 Å². The molecule has 1 rings (SSSR count). The molecular weight excluding hydrogens is 226 g/mol. The van der Waals surface area contributed by atoms with Crippen LogP contribution in [0.1, 0.15) is 17.3 Å². The predicted molar refractivity (Wildman–Crippen MR) is 60.6 cm³/mol. The Bertz CT molecular complexity index is 405. The number of carboxylic acid groups (broad SMARTS) is 1. The molecule has 0 aliphatic rings. The monoisotopic (exact) mass is 239 g/mol. The Morgan fingerprint density at radius 2 is 2.29 bits per heavy atom. The summed E-state index contributed by atoms with van der Waals surface area (Å²) in [4.78, 5) is 21.2. The summed E-state index contributed by atoms with van der Waals surface area (Å²) in [7, 11) is 0. The molecule has 1 aromatic carbocycles. The average Bonchev–Trinajstić information content (AvgIpc) is 2.30. The molecule has 0 aliphatic heterocycles. The SMILES string of the molecule is CCOCOc1ccc(NC(=O)O)cc1C=O. The number of carbonyl (C=O) groups excluding carboxylic acids is 1. The predicted octanol–water partition coefficient (Wildman–Crippen LogP) is 1.96. The minimum absolute atomic E-state index is 0.0447. The van der Waals surface area contributed by atoms with Crippen LogP contribution in [0.3, 0.4) is 0 Å². The van der Waals surface area contributed by atoms with Crippen molar-refractivity contribution in [1.29, 1.82) is 0 Å². The minimum Gasteiger partial charge on any atom is -0.467 e. The Hall–Kier alpha value is -2.08. The lowest BCUT2D eigenvalue weighted by molar-refractivity contribution is 0.0221. The second-order valence-electron chi connectivity index (χ2n) is 3.06. The van der Waals surface area contributed by atoms with Crippen molar-refractivity contribution in [2.75, 3.05) is 18.7 Å². The van der Waals surface area contributed by atoms with Gasteiger partial charge >= 0.3 is 6.09 Å². The second kappa shape index (κ2) is 6.49. The smallest absolute Gasteiger partial charge is 0.409 e. The maximum atomic E-state index is 10.8. The van der Waals surface area contributed by atoms with Gasteiger partial charge in [0.25, 0.3) is 0 Å². The third-order valence-electron chi connectivity index (χ3n) is 1.89. The van der Waals surface area contributed by atoms with Crippen LogP contribution in [0.25, 0.3) is 0 Å². The van der Waals surface area contributed by atoms with Crippen molar-refractivity contribution in [3.05, 3.63) is 23.8 Å². The van der Waals surface area contributed by atoms with Gasteiger partial charge in [0.15, 0.2) is 13.1 Å². The van der Waals surface area contributed by atoms with E-state index in [1.807, 2.05) is 6.92 Å². The number of hydrogen-bond acceptors (Lipinski definition) is 4. The first-order valence-electron chi connectivity index (χ1n) is 4.97. The zero-order valence-electron chi connectivity index (χ0n) is 9.30. The molecule has 2 N–H and O–H groups in total. The van der Waals surface area contributed by atoms with E-state index in [9.17, 15) is 9.59 Å². The summed E-state index contributed by atoms with van der Waals surface area (Å²) in [6.07, 6.45) is -0.598. The molecule has 0 radical (unpaired) electrons. The highest BCUT2D eigenvalue weighted by Gasteiger charge is 2.06. The molecule has 0 aliphatic carbocycles. The van der Waals surface area contributed by atoms with E-state index >= 15 is 0 Å². The summed E-state index contributed by atoms with van der Waals surface area (Å²) >= 11 is 0. The van der Waals surface area contributed by atoms with Crippen molar-refractivity contribution in [3.63, 3.8) is 0 Å². The number of anilines is 1. The normalized spacial score (nSPS) is 9.71. The summed E-state index contributed by atoms with van der Waals surface area (Å²) < 4.78 is 10.2. The van der Waals surface area contributed by atoms with Crippen LogP contribution in [0.2, 0.25) is 0 Å². The maximum Gasteiger partial charge on any atom is 0.409 e. The summed E-state index contributed by atoms with van der Waals surface area (Å²) in [5.41, 5.74) is 0.569. The molecule has 0 atom stereocenters. The molecule has 1 aromatic rings. The van der Waals surface area contributed by atoms with Crippen LogP contribution in [0.15, 0.2) is 18.2 Å². The van der Waals surface area contributed by atoms with E-state index in [-0.39, 0.29) is 12.4 Å². The molecule has 17 heavy (non-hydrogen) atoms. The first-order chi connectivity index (χ1) is 8.17. The van der Waals surface area contributed by atoms with Crippen LogP contribution >= 0.6 is 0 Å². The standard InChI is InChI=1S/C11H13NO5/c1-2-16-7-17-10-4-3-9(12-11(14)15)5-8(10)6-13/h3-6,12H,2,7H2,1H3,(H,14,15). The fourth-order valence-electron chi connectivity index (χ4n) is 1.16. The number of ether oxygens (including phenoxy) is 2. The minimum atomic E-state index is -1.19. The molecule has 0 aromatic heterocycles. The van der Waals surface area contributed by atoms with E-state index in [0.717, 1.165) is 0 Å². The molecule has 92 valence electrons. The lowest BCUT2D eigenvalue weighted by Crippen LogP contribution is -2.08. The van der Waals surface area contributed by atoms with Crippen LogP contribution in [0.4, 0.5) is 10.5 Å². The molecule has 0 heterocycles. The van der Waals surface area contributed by atoms with Gasteiger partial charge in [-0.2, -0.15) is 0 Å². The van der Waals surface area contributed by atoms with Gasteiger partial charge in [-0.05, 0) is 25.1 Å². The van der Waals surface area contributed by atoms with E-state index in [0.29, 0.717) is 24.3 Å². The van der Waals surface area contributed by atoms with Gasteiger partial charge in [-0.25, -0.2) is 4.79 Å². The number of rotatable bonds is 6. The molecule has 6 heteroatoms. The van der Waals surface area contributed by atoms with Crippen molar-refractivity contribution in [2.24, 2.45) is 0 Å². The Morgan fingerprint density at radius 3 is 2.88 bits per heavy atom. The lowest BCUT2D eigenvalue weighted by atomic mass is 10.2. The molecule has 0 unspecified atom stereocenters. The molecular formula is C11H13NO5. The molecule has 0 saturated carbocycles. The third kappa shape index (κ3) is 4.12. The van der Waals surface area contributed by atoms with Crippen LogP contribution in [-0.4, -0.2) is 30.9 Å². The zero-order chi connectivity index (χ0) is 12.7. The number of amides is 1. The highest BCUT2D eigenvalue weighted by molar-refractivity contribution is 5.87. The van der Waals surface area contributed by atoms with Gasteiger partial charge in [-0.15, -0.1) is 0 Å².